The van der Waals surface area contributed by atoms with E-state index >= 15 is 0 Å². The molecule has 2 rings (SSSR count). The Hall–Kier alpha value is -0.0800. The number of rotatable bonds is 3. The zero-order chi connectivity index (χ0) is 12.3. The van der Waals surface area contributed by atoms with Crippen molar-refractivity contribution in [1.82, 2.24) is 4.90 Å². The van der Waals surface area contributed by atoms with E-state index in [1.54, 1.807) is 0 Å². The number of aliphatic hydroxyl groups is 1. The van der Waals surface area contributed by atoms with Gasteiger partial charge in [-0.05, 0) is 51.5 Å². The van der Waals surface area contributed by atoms with Crippen molar-refractivity contribution in [2.75, 3.05) is 6.54 Å². The predicted octanol–water partition coefficient (Wildman–Crippen LogP) is 3.19. The lowest BCUT2D eigenvalue weighted by Gasteiger charge is -2.45. The molecule has 2 nitrogen and oxygen atoms in total. The van der Waals surface area contributed by atoms with E-state index < -0.39 is 0 Å². The van der Waals surface area contributed by atoms with Gasteiger partial charge in [-0.15, -0.1) is 0 Å². The standard InChI is InChI=1S/C15H29NO/c1-3-6-13-8-9-15(17)14(11-13)16-10-5-4-7-12(16)2/h12-15,17H,3-11H2,1-2H3. The molecule has 0 aromatic rings. The second-order valence-corrected chi connectivity index (χ2v) is 6.19. The first kappa shape index (κ1) is 13.4. The van der Waals surface area contributed by atoms with E-state index in [-0.39, 0.29) is 6.10 Å². The normalized spacial score (nSPS) is 40.4. The number of piperidine rings is 1. The Morgan fingerprint density at radius 2 is 2.00 bits per heavy atom. The molecule has 0 aromatic carbocycles. The van der Waals surface area contributed by atoms with Crippen LogP contribution in [-0.4, -0.2) is 34.7 Å². The van der Waals surface area contributed by atoms with Gasteiger partial charge < -0.3 is 5.11 Å². The molecule has 1 aliphatic carbocycles. The molecule has 2 fully saturated rings. The Morgan fingerprint density at radius 3 is 2.71 bits per heavy atom. The van der Waals surface area contributed by atoms with Crippen molar-refractivity contribution in [2.24, 2.45) is 5.92 Å². The van der Waals surface area contributed by atoms with Crippen LogP contribution in [-0.2, 0) is 0 Å². The molecule has 0 amide bonds. The number of hydrogen-bond donors (Lipinski definition) is 1. The van der Waals surface area contributed by atoms with Gasteiger partial charge in [0, 0.05) is 12.1 Å². The van der Waals surface area contributed by atoms with Crippen molar-refractivity contribution >= 4 is 0 Å². The van der Waals surface area contributed by atoms with Crippen molar-refractivity contribution in [1.29, 1.82) is 0 Å². The van der Waals surface area contributed by atoms with E-state index in [4.69, 9.17) is 0 Å². The van der Waals surface area contributed by atoms with Crippen LogP contribution >= 0.6 is 0 Å². The first-order chi connectivity index (χ1) is 8.22. The molecule has 0 spiro atoms. The molecule has 17 heavy (non-hydrogen) atoms. The van der Waals surface area contributed by atoms with Gasteiger partial charge in [0.15, 0.2) is 0 Å². The summed E-state index contributed by atoms with van der Waals surface area (Å²) in [5.74, 6) is 0.863. The highest BCUT2D eigenvalue weighted by molar-refractivity contribution is 4.90. The van der Waals surface area contributed by atoms with Crippen molar-refractivity contribution in [3.63, 3.8) is 0 Å². The van der Waals surface area contributed by atoms with Crippen LogP contribution in [0.5, 0.6) is 0 Å². The molecule has 0 aromatic heterocycles. The van der Waals surface area contributed by atoms with Gasteiger partial charge >= 0.3 is 0 Å². The van der Waals surface area contributed by atoms with Gasteiger partial charge in [0.05, 0.1) is 6.10 Å². The van der Waals surface area contributed by atoms with E-state index in [1.807, 2.05) is 0 Å². The van der Waals surface area contributed by atoms with Crippen LogP contribution in [0.1, 0.15) is 65.2 Å². The van der Waals surface area contributed by atoms with Crippen molar-refractivity contribution < 1.29 is 5.11 Å². The lowest BCUT2D eigenvalue weighted by Crippen LogP contribution is -2.52. The third-order valence-corrected chi connectivity index (χ3v) is 4.87. The monoisotopic (exact) mass is 239 g/mol. The number of hydrogen-bond acceptors (Lipinski definition) is 2. The SMILES string of the molecule is CCCC1CCC(O)C(N2CCCCC2C)C1. The number of aliphatic hydroxyl groups excluding tert-OH is 1. The van der Waals surface area contributed by atoms with Crippen molar-refractivity contribution in [2.45, 2.75) is 83.4 Å². The van der Waals surface area contributed by atoms with E-state index in [2.05, 4.69) is 18.7 Å². The summed E-state index contributed by atoms with van der Waals surface area (Å²) in [4.78, 5) is 2.61. The third kappa shape index (κ3) is 3.23. The average Bonchev–Trinajstić information content (AvgIpc) is 2.33. The van der Waals surface area contributed by atoms with Gasteiger partial charge in [-0.2, -0.15) is 0 Å². The van der Waals surface area contributed by atoms with Gasteiger partial charge in [-0.3, -0.25) is 4.90 Å². The third-order valence-electron chi connectivity index (χ3n) is 4.87. The lowest BCUT2D eigenvalue weighted by atomic mass is 9.79. The Labute approximate surface area is 106 Å². The van der Waals surface area contributed by atoms with E-state index in [0.29, 0.717) is 12.1 Å². The van der Waals surface area contributed by atoms with Crippen LogP contribution in [0, 0.1) is 5.92 Å². The van der Waals surface area contributed by atoms with Gasteiger partial charge in [0.25, 0.3) is 0 Å². The van der Waals surface area contributed by atoms with E-state index in [1.165, 1.54) is 51.5 Å². The van der Waals surface area contributed by atoms with Gasteiger partial charge in [0.2, 0.25) is 0 Å². The predicted molar refractivity (Wildman–Crippen MR) is 72.1 cm³/mol. The maximum Gasteiger partial charge on any atom is 0.0695 e. The zero-order valence-corrected chi connectivity index (χ0v) is 11.6. The highest BCUT2D eigenvalue weighted by Crippen LogP contribution is 2.33. The van der Waals surface area contributed by atoms with Crippen LogP contribution < -0.4 is 0 Å². The van der Waals surface area contributed by atoms with E-state index in [0.717, 1.165) is 12.3 Å². The summed E-state index contributed by atoms with van der Waals surface area (Å²) in [5, 5.41) is 10.3. The molecule has 2 aliphatic rings. The van der Waals surface area contributed by atoms with Crippen molar-refractivity contribution in [3.8, 4) is 0 Å². The average molecular weight is 239 g/mol. The minimum Gasteiger partial charge on any atom is -0.391 e. The lowest BCUT2D eigenvalue weighted by molar-refractivity contribution is -0.0254. The summed E-state index contributed by atoms with van der Waals surface area (Å²) in [5.41, 5.74) is 0. The minimum atomic E-state index is -0.0661. The first-order valence-electron chi connectivity index (χ1n) is 7.66. The van der Waals surface area contributed by atoms with Crippen LogP contribution in [0.25, 0.3) is 0 Å². The maximum atomic E-state index is 10.3. The van der Waals surface area contributed by atoms with Gasteiger partial charge in [-0.1, -0.05) is 26.2 Å². The number of nitrogens with zero attached hydrogens (tertiary/aromatic N) is 1. The molecule has 100 valence electrons. The largest absolute Gasteiger partial charge is 0.391 e. The zero-order valence-electron chi connectivity index (χ0n) is 11.6. The molecule has 1 heterocycles. The molecular weight excluding hydrogens is 210 g/mol. The molecule has 0 bridgehead atoms. The van der Waals surface area contributed by atoms with Crippen LogP contribution in [0.2, 0.25) is 0 Å². The molecule has 1 saturated carbocycles. The smallest absolute Gasteiger partial charge is 0.0695 e. The molecule has 1 saturated heterocycles. The Bertz CT molecular complexity index is 231. The highest BCUT2D eigenvalue weighted by Gasteiger charge is 2.35. The van der Waals surface area contributed by atoms with Crippen molar-refractivity contribution in [3.05, 3.63) is 0 Å². The van der Waals surface area contributed by atoms with Gasteiger partial charge in [-0.25, -0.2) is 0 Å². The summed E-state index contributed by atoms with van der Waals surface area (Å²) in [6, 6.07) is 1.14. The number of likely N-dealkylation sites (tertiary alicyclic amines) is 1. The molecule has 1 aliphatic heterocycles. The van der Waals surface area contributed by atoms with Crippen LogP contribution in [0.3, 0.4) is 0 Å². The fourth-order valence-electron chi connectivity index (χ4n) is 3.86. The fraction of sp³-hybridized carbons (Fsp3) is 1.00. The topological polar surface area (TPSA) is 23.5 Å². The molecule has 0 radical (unpaired) electrons. The van der Waals surface area contributed by atoms with Crippen LogP contribution in [0.4, 0.5) is 0 Å². The van der Waals surface area contributed by atoms with Crippen LogP contribution in [0.15, 0.2) is 0 Å². The maximum absolute atomic E-state index is 10.3. The summed E-state index contributed by atoms with van der Waals surface area (Å²) < 4.78 is 0. The first-order valence-corrected chi connectivity index (χ1v) is 7.66. The summed E-state index contributed by atoms with van der Waals surface area (Å²) in [6.07, 6.45) is 10.1. The molecule has 1 N–H and O–H groups in total. The molecule has 2 heteroatoms. The molecular formula is C15H29NO. The second-order valence-electron chi connectivity index (χ2n) is 6.19. The minimum absolute atomic E-state index is 0.0661. The highest BCUT2D eigenvalue weighted by atomic mass is 16.3. The molecule has 4 atom stereocenters. The Morgan fingerprint density at radius 1 is 1.18 bits per heavy atom. The summed E-state index contributed by atoms with van der Waals surface area (Å²) >= 11 is 0. The summed E-state index contributed by atoms with van der Waals surface area (Å²) in [6.45, 7) is 5.83. The quantitative estimate of drug-likeness (QED) is 0.817. The fourth-order valence-corrected chi connectivity index (χ4v) is 3.86. The second kappa shape index (κ2) is 6.19. The summed E-state index contributed by atoms with van der Waals surface area (Å²) in [7, 11) is 0. The Balaban J connectivity index is 1.96. The molecule has 4 unspecified atom stereocenters. The van der Waals surface area contributed by atoms with Gasteiger partial charge in [0.1, 0.15) is 0 Å². The Kier molecular flexibility index (Phi) is 4.87. The van der Waals surface area contributed by atoms with E-state index in [9.17, 15) is 5.11 Å².